The van der Waals surface area contributed by atoms with E-state index in [4.69, 9.17) is 23.2 Å². The summed E-state index contributed by atoms with van der Waals surface area (Å²) in [7, 11) is 0. The van der Waals surface area contributed by atoms with Gasteiger partial charge in [-0.15, -0.1) is 0 Å². The zero-order valence-corrected chi connectivity index (χ0v) is 21.2. The highest BCUT2D eigenvalue weighted by Crippen LogP contribution is 2.36. The smallest absolute Gasteiger partial charge is 0.275 e. The van der Waals surface area contributed by atoms with Crippen LogP contribution in [0.1, 0.15) is 24.3 Å². The number of likely N-dealkylation sites (tertiary alicyclic amines) is 1. The van der Waals surface area contributed by atoms with Gasteiger partial charge in [0.2, 0.25) is 5.91 Å². The molecule has 0 spiro atoms. The average Bonchev–Trinajstić information content (AvgIpc) is 3.22. The van der Waals surface area contributed by atoms with Crippen molar-refractivity contribution in [3.63, 3.8) is 0 Å². The molecule has 2 saturated heterocycles. The molecule has 0 saturated carbocycles. The summed E-state index contributed by atoms with van der Waals surface area (Å²) in [6.07, 6.45) is 3.12. The third kappa shape index (κ3) is 4.11. The first kappa shape index (κ1) is 23.9. The molecule has 3 atom stereocenters. The minimum atomic E-state index is -0.128. The van der Waals surface area contributed by atoms with Crippen molar-refractivity contribution in [1.29, 1.82) is 0 Å². The SMILES string of the molecule is C=CC(=O)N1C[C@@H](N2CCN(C(=O)c3nn4ccc(Cl)cc4c3-c3ccccc3Cl)C[C@@H]2C)[C@H]1C. The molecule has 182 valence electrons. The van der Waals surface area contributed by atoms with Gasteiger partial charge in [-0.3, -0.25) is 14.5 Å². The van der Waals surface area contributed by atoms with E-state index in [0.717, 1.165) is 17.6 Å². The molecule has 2 aliphatic rings. The maximum absolute atomic E-state index is 13.8. The van der Waals surface area contributed by atoms with Crippen molar-refractivity contribution >= 4 is 40.5 Å². The quantitative estimate of drug-likeness (QED) is 0.491. The van der Waals surface area contributed by atoms with Gasteiger partial charge in [0, 0.05) is 71.7 Å². The van der Waals surface area contributed by atoms with Gasteiger partial charge in [0.25, 0.3) is 5.91 Å². The van der Waals surface area contributed by atoms with Crippen LogP contribution in [0.5, 0.6) is 0 Å². The number of carbonyl (C=O) groups is 2. The molecule has 0 aliphatic carbocycles. The van der Waals surface area contributed by atoms with E-state index < -0.39 is 0 Å². The van der Waals surface area contributed by atoms with E-state index in [1.165, 1.54) is 6.08 Å². The van der Waals surface area contributed by atoms with Gasteiger partial charge < -0.3 is 9.80 Å². The average molecular weight is 512 g/mol. The first-order valence-corrected chi connectivity index (χ1v) is 12.5. The number of halogens is 2. The Morgan fingerprint density at radius 1 is 1.11 bits per heavy atom. The Balaban J connectivity index is 1.41. The highest BCUT2D eigenvalue weighted by Gasteiger charge is 2.44. The molecule has 9 heteroatoms. The summed E-state index contributed by atoms with van der Waals surface area (Å²) in [6, 6.07) is 11.6. The van der Waals surface area contributed by atoms with Gasteiger partial charge >= 0.3 is 0 Å². The normalized spacial score (nSPS) is 22.8. The summed E-state index contributed by atoms with van der Waals surface area (Å²) in [5, 5.41) is 5.75. The standard InChI is InChI=1S/C26H27Cl2N5O2/c1-4-23(34)32-15-22(17(32)3)31-12-11-30(14-16(31)2)26(35)25-24(19-7-5-6-8-20(19)28)21-13-18(27)9-10-33(21)29-25/h4-10,13,16-17,22H,1,11-12,14-15H2,2-3H3/t16-,17+,22+/m0/s1. The van der Waals surface area contributed by atoms with Gasteiger partial charge in [-0.05, 0) is 38.1 Å². The van der Waals surface area contributed by atoms with Crippen LogP contribution in [0.15, 0.2) is 55.3 Å². The van der Waals surface area contributed by atoms with Gasteiger partial charge in [0.05, 0.1) is 5.52 Å². The van der Waals surface area contributed by atoms with Gasteiger partial charge in [-0.25, -0.2) is 4.52 Å². The van der Waals surface area contributed by atoms with Crippen LogP contribution in [0.3, 0.4) is 0 Å². The second kappa shape index (κ2) is 9.30. The van der Waals surface area contributed by atoms with Crippen molar-refractivity contribution in [1.82, 2.24) is 24.3 Å². The summed E-state index contributed by atoms with van der Waals surface area (Å²) in [5.41, 5.74) is 2.53. The molecule has 1 aromatic carbocycles. The number of benzene rings is 1. The summed E-state index contributed by atoms with van der Waals surface area (Å²) in [6.45, 7) is 10.4. The van der Waals surface area contributed by atoms with E-state index in [2.05, 4.69) is 30.4 Å². The number of hydrogen-bond acceptors (Lipinski definition) is 4. The Hall–Kier alpha value is -2.87. The number of piperazine rings is 1. The lowest BCUT2D eigenvalue weighted by atomic mass is 9.93. The number of fused-ring (bicyclic) bond motifs is 1. The first-order valence-electron chi connectivity index (χ1n) is 11.7. The molecule has 0 radical (unpaired) electrons. The van der Waals surface area contributed by atoms with E-state index in [-0.39, 0.29) is 29.9 Å². The van der Waals surface area contributed by atoms with Gasteiger partial charge in [0.15, 0.2) is 5.69 Å². The first-order chi connectivity index (χ1) is 16.8. The Kier molecular flexibility index (Phi) is 6.34. The Bertz CT molecular complexity index is 1320. The van der Waals surface area contributed by atoms with Crippen LogP contribution in [-0.4, -0.2) is 80.4 Å². The van der Waals surface area contributed by atoms with Crippen LogP contribution >= 0.6 is 23.2 Å². The third-order valence-electron chi connectivity index (χ3n) is 7.22. The molecule has 7 nitrogen and oxygen atoms in total. The van der Waals surface area contributed by atoms with E-state index in [9.17, 15) is 9.59 Å². The van der Waals surface area contributed by atoms with Crippen LogP contribution in [0.2, 0.25) is 10.0 Å². The van der Waals surface area contributed by atoms with Crippen LogP contribution in [0.25, 0.3) is 16.6 Å². The monoisotopic (exact) mass is 511 g/mol. The Morgan fingerprint density at radius 3 is 2.57 bits per heavy atom. The van der Waals surface area contributed by atoms with E-state index in [1.807, 2.05) is 28.0 Å². The van der Waals surface area contributed by atoms with E-state index >= 15 is 0 Å². The highest BCUT2D eigenvalue weighted by atomic mass is 35.5. The highest BCUT2D eigenvalue weighted by molar-refractivity contribution is 6.34. The summed E-state index contributed by atoms with van der Waals surface area (Å²) in [5.74, 6) is -0.161. The lowest BCUT2D eigenvalue weighted by Crippen LogP contribution is -2.70. The molecule has 2 amide bonds. The Labute approximate surface area is 214 Å². The summed E-state index contributed by atoms with van der Waals surface area (Å²) in [4.78, 5) is 31.9. The fourth-order valence-electron chi connectivity index (χ4n) is 5.28. The number of carbonyl (C=O) groups excluding carboxylic acids is 2. The predicted molar refractivity (Wildman–Crippen MR) is 138 cm³/mol. The molecule has 2 aromatic heterocycles. The van der Waals surface area contributed by atoms with E-state index in [1.54, 1.807) is 28.9 Å². The number of rotatable bonds is 4. The maximum atomic E-state index is 13.8. The lowest BCUT2D eigenvalue weighted by Gasteiger charge is -2.54. The lowest BCUT2D eigenvalue weighted by molar-refractivity contribution is -0.141. The molecule has 3 aromatic rings. The van der Waals surface area contributed by atoms with Crippen molar-refractivity contribution < 1.29 is 9.59 Å². The minimum absolute atomic E-state index is 0.0331. The molecule has 5 rings (SSSR count). The zero-order valence-electron chi connectivity index (χ0n) is 19.7. The summed E-state index contributed by atoms with van der Waals surface area (Å²) < 4.78 is 1.68. The molecule has 35 heavy (non-hydrogen) atoms. The molecule has 0 bridgehead atoms. The fraction of sp³-hybridized carbons (Fsp3) is 0.346. The van der Waals surface area contributed by atoms with Crippen LogP contribution < -0.4 is 0 Å². The van der Waals surface area contributed by atoms with Crippen LogP contribution in [-0.2, 0) is 4.79 Å². The third-order valence-corrected chi connectivity index (χ3v) is 7.79. The van der Waals surface area contributed by atoms with Crippen molar-refractivity contribution in [2.75, 3.05) is 26.2 Å². The minimum Gasteiger partial charge on any atom is -0.334 e. The largest absolute Gasteiger partial charge is 0.334 e. The number of pyridine rings is 1. The van der Waals surface area contributed by atoms with Gasteiger partial charge in [-0.1, -0.05) is 48.0 Å². The van der Waals surface area contributed by atoms with Gasteiger partial charge in [-0.2, -0.15) is 5.10 Å². The molecule has 0 unspecified atom stereocenters. The maximum Gasteiger partial charge on any atom is 0.275 e. The number of amides is 2. The van der Waals surface area contributed by atoms with Crippen molar-refractivity contribution in [3.05, 3.63) is 71.0 Å². The van der Waals surface area contributed by atoms with Crippen molar-refractivity contribution in [2.24, 2.45) is 0 Å². The summed E-state index contributed by atoms with van der Waals surface area (Å²) >= 11 is 12.8. The van der Waals surface area contributed by atoms with E-state index in [0.29, 0.717) is 40.9 Å². The molecule has 4 heterocycles. The van der Waals surface area contributed by atoms with Crippen molar-refractivity contribution in [2.45, 2.75) is 32.0 Å². The van der Waals surface area contributed by atoms with Crippen LogP contribution in [0.4, 0.5) is 0 Å². The number of hydrogen-bond donors (Lipinski definition) is 0. The second-order valence-electron chi connectivity index (χ2n) is 9.22. The topological polar surface area (TPSA) is 61.2 Å². The van der Waals surface area contributed by atoms with Crippen molar-refractivity contribution in [3.8, 4) is 11.1 Å². The molecular weight excluding hydrogens is 485 g/mol. The molecule has 2 fully saturated rings. The van der Waals surface area contributed by atoms with Gasteiger partial charge in [0.1, 0.15) is 0 Å². The Morgan fingerprint density at radius 2 is 1.89 bits per heavy atom. The predicted octanol–water partition coefficient (Wildman–Crippen LogP) is 4.24. The number of nitrogens with zero attached hydrogens (tertiary/aromatic N) is 5. The molecule has 0 N–H and O–H groups in total. The molecule has 2 aliphatic heterocycles. The van der Waals surface area contributed by atoms with Crippen LogP contribution in [0, 0.1) is 0 Å². The number of aromatic nitrogens is 2. The fourth-order valence-corrected chi connectivity index (χ4v) is 5.67. The zero-order chi connectivity index (χ0) is 24.9. The molecular formula is C26H27Cl2N5O2. The second-order valence-corrected chi connectivity index (χ2v) is 10.1.